The smallest absolute Gasteiger partial charge is 0.243 e. The number of thiophene rings is 1. The van der Waals surface area contributed by atoms with E-state index in [9.17, 15) is 8.42 Å². The number of anilines is 1. The molecule has 1 aromatic carbocycles. The van der Waals surface area contributed by atoms with Crippen molar-refractivity contribution >= 4 is 37.4 Å². The summed E-state index contributed by atoms with van der Waals surface area (Å²) in [6.45, 7) is 5.50. The number of sulfonamides is 1. The van der Waals surface area contributed by atoms with E-state index in [1.807, 2.05) is 6.07 Å². The van der Waals surface area contributed by atoms with Crippen molar-refractivity contribution in [1.29, 1.82) is 0 Å². The van der Waals surface area contributed by atoms with Crippen molar-refractivity contribution in [2.75, 3.05) is 38.5 Å². The van der Waals surface area contributed by atoms with E-state index in [1.165, 1.54) is 16.9 Å². The van der Waals surface area contributed by atoms with Gasteiger partial charge in [-0.3, -0.25) is 0 Å². The topological polar surface area (TPSA) is 92.4 Å². The minimum absolute atomic E-state index is 0.360. The molecule has 9 heteroatoms. The normalized spacial score (nSPS) is 20.5. The van der Waals surface area contributed by atoms with Gasteiger partial charge in [-0.2, -0.15) is 4.31 Å². The van der Waals surface area contributed by atoms with E-state index in [0.717, 1.165) is 35.4 Å². The lowest BCUT2D eigenvalue weighted by molar-refractivity contribution is 0.189. The molecule has 7 nitrogen and oxygen atoms in total. The van der Waals surface area contributed by atoms with Crippen molar-refractivity contribution in [1.82, 2.24) is 19.2 Å². The van der Waals surface area contributed by atoms with Crippen LogP contribution in [0.4, 0.5) is 5.82 Å². The van der Waals surface area contributed by atoms with Crippen LogP contribution in [0.3, 0.4) is 0 Å². The van der Waals surface area contributed by atoms with E-state index in [-0.39, 0.29) is 0 Å². The average molecular weight is 472 g/mol. The molecule has 1 aliphatic carbocycles. The Hall–Kier alpha value is -2.07. The van der Waals surface area contributed by atoms with E-state index >= 15 is 0 Å². The summed E-state index contributed by atoms with van der Waals surface area (Å²) < 4.78 is 27.2. The zero-order valence-corrected chi connectivity index (χ0v) is 20.0. The van der Waals surface area contributed by atoms with Gasteiger partial charge in [0.1, 0.15) is 16.5 Å². The molecule has 1 saturated heterocycles. The summed E-state index contributed by atoms with van der Waals surface area (Å²) >= 11 is 1.78. The van der Waals surface area contributed by atoms with Crippen LogP contribution >= 0.6 is 11.3 Å². The number of rotatable bonds is 5. The third-order valence-corrected chi connectivity index (χ3v) is 9.65. The number of benzene rings is 1. The molecule has 2 aliphatic rings. The molecule has 5 rings (SSSR count). The third kappa shape index (κ3) is 4.14. The van der Waals surface area contributed by atoms with Gasteiger partial charge in [-0.25, -0.2) is 18.4 Å². The Bertz CT molecular complexity index is 1220. The number of aromatic nitrogens is 2. The number of piperazine rings is 1. The first-order chi connectivity index (χ1) is 15.4. The first kappa shape index (κ1) is 21.8. The van der Waals surface area contributed by atoms with Crippen LogP contribution < -0.4 is 5.73 Å². The first-order valence-corrected chi connectivity index (χ1v) is 13.5. The molecule has 170 valence electrons. The summed E-state index contributed by atoms with van der Waals surface area (Å²) in [5, 5.41) is 1.07. The molecule has 0 bridgehead atoms. The van der Waals surface area contributed by atoms with E-state index in [4.69, 9.17) is 10.7 Å². The molecule has 0 spiro atoms. The van der Waals surface area contributed by atoms with Crippen molar-refractivity contribution in [3.63, 3.8) is 0 Å². The maximum absolute atomic E-state index is 12.8. The number of hydrogen-bond donors (Lipinski definition) is 1. The summed E-state index contributed by atoms with van der Waals surface area (Å²) in [5.74, 6) is 2.10. The molecule has 3 aromatic rings. The summed E-state index contributed by atoms with van der Waals surface area (Å²) in [5.41, 5.74) is 7.72. The molecular formula is C23H29N5O2S2. The second kappa shape index (κ2) is 8.70. The van der Waals surface area contributed by atoms with E-state index in [2.05, 4.69) is 16.8 Å². The largest absolute Gasteiger partial charge is 0.383 e. The van der Waals surface area contributed by atoms with Crippen molar-refractivity contribution < 1.29 is 8.42 Å². The number of nitrogens with two attached hydrogens (primary N) is 1. The molecule has 3 heterocycles. The molecule has 1 aliphatic heterocycles. The van der Waals surface area contributed by atoms with Crippen LogP contribution in [-0.4, -0.2) is 60.3 Å². The van der Waals surface area contributed by atoms with Gasteiger partial charge in [-0.1, -0.05) is 25.1 Å². The monoisotopic (exact) mass is 471 g/mol. The SMILES string of the molecule is C[C@@H]1CCc2c(sc3nc(CCN4CCN(S(=O)(=O)c5ccccc5)CC4)nc(N)c23)C1. The summed E-state index contributed by atoms with van der Waals surface area (Å²) in [6, 6.07) is 8.66. The second-order valence-corrected chi connectivity index (χ2v) is 11.9. The fourth-order valence-electron chi connectivity index (χ4n) is 4.72. The van der Waals surface area contributed by atoms with Gasteiger partial charge in [0.25, 0.3) is 0 Å². The van der Waals surface area contributed by atoms with Crippen LogP contribution in [0.15, 0.2) is 35.2 Å². The fourth-order valence-corrected chi connectivity index (χ4v) is 7.57. The number of aryl methyl sites for hydroxylation is 1. The highest BCUT2D eigenvalue weighted by molar-refractivity contribution is 7.89. The lowest BCUT2D eigenvalue weighted by Crippen LogP contribution is -2.49. The van der Waals surface area contributed by atoms with Gasteiger partial charge in [0, 0.05) is 44.0 Å². The Morgan fingerprint density at radius 1 is 1.12 bits per heavy atom. The van der Waals surface area contributed by atoms with E-state index < -0.39 is 10.0 Å². The number of nitrogen functional groups attached to an aromatic ring is 1. The molecule has 2 N–H and O–H groups in total. The van der Waals surface area contributed by atoms with Crippen LogP contribution in [0.2, 0.25) is 0 Å². The van der Waals surface area contributed by atoms with E-state index in [0.29, 0.717) is 49.2 Å². The molecule has 0 radical (unpaired) electrons. The second-order valence-electron chi connectivity index (χ2n) is 8.87. The average Bonchev–Trinajstić information content (AvgIpc) is 3.16. The van der Waals surface area contributed by atoms with Gasteiger partial charge in [0.05, 0.1) is 10.3 Å². The van der Waals surface area contributed by atoms with Crippen LogP contribution in [0.5, 0.6) is 0 Å². The molecule has 1 fully saturated rings. The quantitative estimate of drug-likeness (QED) is 0.615. The molecule has 2 aromatic heterocycles. The molecule has 0 amide bonds. The maximum Gasteiger partial charge on any atom is 0.243 e. The Kier molecular flexibility index (Phi) is 5.92. The number of fused-ring (bicyclic) bond motifs is 3. The summed E-state index contributed by atoms with van der Waals surface area (Å²) in [4.78, 5) is 14.5. The highest BCUT2D eigenvalue weighted by Gasteiger charge is 2.28. The van der Waals surface area contributed by atoms with Gasteiger partial charge >= 0.3 is 0 Å². The predicted molar refractivity (Wildman–Crippen MR) is 128 cm³/mol. The Morgan fingerprint density at radius 2 is 1.88 bits per heavy atom. The Balaban J connectivity index is 1.22. The van der Waals surface area contributed by atoms with Crippen LogP contribution in [-0.2, 0) is 29.3 Å². The van der Waals surface area contributed by atoms with E-state index in [1.54, 1.807) is 39.9 Å². The number of nitrogens with zero attached hydrogens (tertiary/aromatic N) is 4. The lowest BCUT2D eigenvalue weighted by Gasteiger charge is -2.33. The Labute approximate surface area is 193 Å². The maximum atomic E-state index is 12.8. The highest BCUT2D eigenvalue weighted by atomic mass is 32.2. The van der Waals surface area contributed by atoms with Gasteiger partial charge < -0.3 is 10.6 Å². The zero-order chi connectivity index (χ0) is 22.3. The molecule has 32 heavy (non-hydrogen) atoms. The minimum Gasteiger partial charge on any atom is -0.383 e. The van der Waals surface area contributed by atoms with Gasteiger partial charge in [0.15, 0.2) is 0 Å². The van der Waals surface area contributed by atoms with Crippen molar-refractivity contribution in [2.45, 2.75) is 37.5 Å². The highest BCUT2D eigenvalue weighted by Crippen LogP contribution is 2.39. The number of hydrogen-bond acceptors (Lipinski definition) is 7. The van der Waals surface area contributed by atoms with Crippen molar-refractivity contribution in [3.05, 3.63) is 46.6 Å². The Morgan fingerprint density at radius 3 is 2.62 bits per heavy atom. The zero-order valence-electron chi connectivity index (χ0n) is 18.3. The van der Waals surface area contributed by atoms with Gasteiger partial charge in [-0.05, 0) is 42.9 Å². The lowest BCUT2D eigenvalue weighted by atomic mass is 9.89. The molecule has 0 saturated carbocycles. The first-order valence-electron chi connectivity index (χ1n) is 11.3. The van der Waals surface area contributed by atoms with Crippen LogP contribution in [0.1, 0.15) is 29.6 Å². The third-order valence-electron chi connectivity index (χ3n) is 6.59. The van der Waals surface area contributed by atoms with Crippen molar-refractivity contribution in [2.24, 2.45) is 5.92 Å². The van der Waals surface area contributed by atoms with Crippen LogP contribution in [0.25, 0.3) is 10.2 Å². The molecule has 0 unspecified atom stereocenters. The minimum atomic E-state index is -3.42. The van der Waals surface area contributed by atoms with Crippen molar-refractivity contribution in [3.8, 4) is 0 Å². The predicted octanol–water partition coefficient (Wildman–Crippen LogP) is 2.95. The molecular weight excluding hydrogens is 442 g/mol. The summed E-state index contributed by atoms with van der Waals surface area (Å²) in [7, 11) is -3.42. The standard InChI is InChI=1S/C23H29N5O2S2/c1-16-7-8-18-19(15-16)31-23-21(18)22(24)25-20(26-23)9-10-27-11-13-28(14-12-27)32(29,30)17-5-3-2-4-6-17/h2-6,16H,7-15H2,1H3,(H2,24,25,26)/t16-/m1/s1. The fraction of sp³-hybridized carbons (Fsp3) is 0.478. The summed E-state index contributed by atoms with van der Waals surface area (Å²) in [6.07, 6.45) is 4.09. The van der Waals surface area contributed by atoms with Crippen LogP contribution in [0, 0.1) is 5.92 Å². The molecule has 1 atom stereocenters. The van der Waals surface area contributed by atoms with Gasteiger partial charge in [0.2, 0.25) is 10.0 Å². The van der Waals surface area contributed by atoms with Gasteiger partial charge in [-0.15, -0.1) is 11.3 Å².